The Kier molecular flexibility index (Phi) is 5.73. The van der Waals surface area contributed by atoms with E-state index in [0.29, 0.717) is 27.9 Å². The van der Waals surface area contributed by atoms with Gasteiger partial charge in [0.2, 0.25) is 5.95 Å². The van der Waals surface area contributed by atoms with Gasteiger partial charge in [0, 0.05) is 23.0 Å². The van der Waals surface area contributed by atoms with E-state index >= 15 is 0 Å². The summed E-state index contributed by atoms with van der Waals surface area (Å²) >= 11 is 5.85. The molecule has 7 nitrogen and oxygen atoms in total. The van der Waals surface area contributed by atoms with Gasteiger partial charge in [0.05, 0.1) is 19.9 Å². The number of carbonyl (C=O) groups is 1. The van der Waals surface area contributed by atoms with Crippen LogP contribution in [0.15, 0.2) is 54.7 Å². The normalized spacial score (nSPS) is 10.2. The maximum absolute atomic E-state index is 12.4. The minimum Gasteiger partial charge on any atom is -0.497 e. The number of nitrogens with one attached hydrogen (secondary N) is 2. The van der Waals surface area contributed by atoms with E-state index in [-0.39, 0.29) is 17.5 Å². The predicted octanol–water partition coefficient (Wildman–Crippen LogP) is 4.14. The number of anilines is 3. The van der Waals surface area contributed by atoms with Gasteiger partial charge in [-0.1, -0.05) is 11.6 Å². The van der Waals surface area contributed by atoms with Crippen molar-refractivity contribution in [3.8, 4) is 11.5 Å². The highest BCUT2D eigenvalue weighted by Crippen LogP contribution is 2.30. The summed E-state index contributed by atoms with van der Waals surface area (Å²) in [5.41, 5.74) is 1.48. The summed E-state index contributed by atoms with van der Waals surface area (Å²) in [6, 6.07) is 13.6. The van der Waals surface area contributed by atoms with Gasteiger partial charge in [-0.3, -0.25) is 4.79 Å². The van der Waals surface area contributed by atoms with Gasteiger partial charge >= 0.3 is 0 Å². The lowest BCUT2D eigenvalue weighted by Crippen LogP contribution is -2.14. The highest BCUT2D eigenvalue weighted by molar-refractivity contribution is 6.30. The molecule has 1 amide bonds. The van der Waals surface area contributed by atoms with Crippen LogP contribution in [0.25, 0.3) is 0 Å². The lowest BCUT2D eigenvalue weighted by atomic mass is 10.2. The minimum atomic E-state index is -0.357. The van der Waals surface area contributed by atoms with Gasteiger partial charge in [-0.05, 0) is 42.5 Å². The molecule has 0 aliphatic carbocycles. The SMILES string of the molecule is COc1ccc(Nc2nccc(C(=O)Nc3ccc(Cl)cc3)n2)c(OC)c1. The van der Waals surface area contributed by atoms with Crippen molar-refractivity contribution in [3.63, 3.8) is 0 Å². The third kappa shape index (κ3) is 4.65. The predicted molar refractivity (Wildman–Crippen MR) is 104 cm³/mol. The first-order valence-electron chi connectivity index (χ1n) is 7.98. The summed E-state index contributed by atoms with van der Waals surface area (Å²) in [7, 11) is 3.13. The highest BCUT2D eigenvalue weighted by Gasteiger charge is 2.11. The monoisotopic (exact) mass is 384 g/mol. The highest BCUT2D eigenvalue weighted by atomic mass is 35.5. The van der Waals surface area contributed by atoms with Gasteiger partial charge in [0.1, 0.15) is 17.2 Å². The average molecular weight is 385 g/mol. The molecule has 27 heavy (non-hydrogen) atoms. The molecule has 0 aliphatic rings. The second-order valence-electron chi connectivity index (χ2n) is 5.42. The molecular weight excluding hydrogens is 368 g/mol. The summed E-state index contributed by atoms with van der Waals surface area (Å²) < 4.78 is 10.5. The summed E-state index contributed by atoms with van der Waals surface area (Å²) in [6.45, 7) is 0. The fraction of sp³-hybridized carbons (Fsp3) is 0.105. The van der Waals surface area contributed by atoms with Crippen LogP contribution in [-0.2, 0) is 0 Å². The van der Waals surface area contributed by atoms with E-state index in [4.69, 9.17) is 21.1 Å². The van der Waals surface area contributed by atoms with E-state index in [9.17, 15) is 4.79 Å². The number of hydrogen-bond acceptors (Lipinski definition) is 6. The van der Waals surface area contributed by atoms with Gasteiger partial charge in [-0.2, -0.15) is 0 Å². The standard InChI is InChI=1S/C19H17ClN4O3/c1-26-14-7-8-15(17(11-14)27-2)23-19-21-10-9-16(24-19)18(25)22-13-5-3-12(20)4-6-13/h3-11H,1-2H3,(H,22,25)(H,21,23,24). The molecule has 0 radical (unpaired) electrons. The molecule has 0 saturated carbocycles. The van der Waals surface area contributed by atoms with E-state index in [1.165, 1.54) is 12.3 Å². The molecule has 0 unspecified atom stereocenters. The number of rotatable bonds is 6. The number of ether oxygens (including phenoxy) is 2. The maximum Gasteiger partial charge on any atom is 0.274 e. The first kappa shape index (κ1) is 18.5. The lowest BCUT2D eigenvalue weighted by molar-refractivity contribution is 0.102. The van der Waals surface area contributed by atoms with Crippen molar-refractivity contribution in [2.75, 3.05) is 24.9 Å². The molecule has 2 N–H and O–H groups in total. The van der Waals surface area contributed by atoms with Crippen LogP contribution in [0, 0.1) is 0 Å². The zero-order valence-electron chi connectivity index (χ0n) is 14.7. The molecule has 0 spiro atoms. The van der Waals surface area contributed by atoms with E-state index in [1.54, 1.807) is 56.7 Å². The van der Waals surface area contributed by atoms with Crippen LogP contribution in [0.3, 0.4) is 0 Å². The molecule has 1 heterocycles. The summed E-state index contributed by atoms with van der Waals surface area (Å²) in [5, 5.41) is 6.39. The molecule has 0 saturated heterocycles. The molecule has 0 bridgehead atoms. The largest absolute Gasteiger partial charge is 0.497 e. The zero-order valence-corrected chi connectivity index (χ0v) is 15.4. The molecule has 0 aliphatic heterocycles. The van der Waals surface area contributed by atoms with Crippen LogP contribution in [0.4, 0.5) is 17.3 Å². The topological polar surface area (TPSA) is 85.4 Å². The van der Waals surface area contributed by atoms with Crippen molar-refractivity contribution in [3.05, 3.63) is 65.4 Å². The fourth-order valence-electron chi connectivity index (χ4n) is 2.30. The van der Waals surface area contributed by atoms with E-state index in [1.807, 2.05) is 0 Å². The Hall–Kier alpha value is -3.32. The van der Waals surface area contributed by atoms with Crippen molar-refractivity contribution >= 4 is 34.8 Å². The van der Waals surface area contributed by atoms with E-state index < -0.39 is 0 Å². The van der Waals surface area contributed by atoms with Gasteiger partial charge in [0.25, 0.3) is 5.91 Å². The van der Waals surface area contributed by atoms with Crippen LogP contribution in [0.1, 0.15) is 10.5 Å². The Balaban J connectivity index is 1.77. The fourth-order valence-corrected chi connectivity index (χ4v) is 2.42. The van der Waals surface area contributed by atoms with Crippen LogP contribution < -0.4 is 20.1 Å². The lowest BCUT2D eigenvalue weighted by Gasteiger charge is -2.12. The average Bonchev–Trinajstić information content (AvgIpc) is 2.70. The van der Waals surface area contributed by atoms with Crippen molar-refractivity contribution in [2.45, 2.75) is 0 Å². The molecule has 138 valence electrons. The van der Waals surface area contributed by atoms with Crippen molar-refractivity contribution in [1.29, 1.82) is 0 Å². The quantitative estimate of drug-likeness (QED) is 0.664. The van der Waals surface area contributed by atoms with Crippen LogP contribution in [0.5, 0.6) is 11.5 Å². The summed E-state index contributed by atoms with van der Waals surface area (Å²) in [5.74, 6) is 1.13. The van der Waals surface area contributed by atoms with Gasteiger partial charge in [-0.15, -0.1) is 0 Å². The molecule has 1 aromatic heterocycles. The number of carbonyl (C=O) groups excluding carboxylic acids is 1. The van der Waals surface area contributed by atoms with Crippen LogP contribution in [0.2, 0.25) is 5.02 Å². The molecule has 2 aromatic carbocycles. The van der Waals surface area contributed by atoms with Gasteiger partial charge in [-0.25, -0.2) is 9.97 Å². The number of hydrogen-bond donors (Lipinski definition) is 2. The van der Waals surface area contributed by atoms with Crippen molar-refractivity contribution < 1.29 is 14.3 Å². The van der Waals surface area contributed by atoms with E-state index in [0.717, 1.165) is 0 Å². The third-order valence-electron chi connectivity index (χ3n) is 3.65. The zero-order chi connectivity index (χ0) is 19.2. The second-order valence-corrected chi connectivity index (χ2v) is 5.85. The first-order valence-corrected chi connectivity index (χ1v) is 8.36. The molecule has 3 rings (SSSR count). The number of amides is 1. The number of halogens is 1. The molecular formula is C19H17ClN4O3. The Labute approximate surface area is 161 Å². The summed E-state index contributed by atoms with van der Waals surface area (Å²) in [6.07, 6.45) is 1.50. The number of aromatic nitrogens is 2. The first-order chi connectivity index (χ1) is 13.1. The van der Waals surface area contributed by atoms with E-state index in [2.05, 4.69) is 20.6 Å². The van der Waals surface area contributed by atoms with Gasteiger partial charge in [0.15, 0.2) is 0 Å². The molecule has 0 atom stereocenters. The molecule has 3 aromatic rings. The van der Waals surface area contributed by atoms with Crippen LogP contribution >= 0.6 is 11.6 Å². The smallest absolute Gasteiger partial charge is 0.274 e. The molecule has 8 heteroatoms. The number of methoxy groups -OCH3 is 2. The maximum atomic E-state index is 12.4. The number of nitrogens with zero attached hydrogens (tertiary/aromatic N) is 2. The Morgan fingerprint density at radius 2 is 1.81 bits per heavy atom. The van der Waals surface area contributed by atoms with Gasteiger partial charge < -0.3 is 20.1 Å². The number of benzene rings is 2. The van der Waals surface area contributed by atoms with Crippen LogP contribution in [-0.4, -0.2) is 30.1 Å². The third-order valence-corrected chi connectivity index (χ3v) is 3.90. The Bertz CT molecular complexity index is 948. The Morgan fingerprint density at radius 3 is 2.52 bits per heavy atom. The second kappa shape index (κ2) is 8.37. The van der Waals surface area contributed by atoms with Crippen molar-refractivity contribution in [1.82, 2.24) is 9.97 Å². The Morgan fingerprint density at radius 1 is 1.04 bits per heavy atom. The molecule has 0 fully saturated rings. The minimum absolute atomic E-state index is 0.218. The van der Waals surface area contributed by atoms with Crippen molar-refractivity contribution in [2.24, 2.45) is 0 Å². The summed E-state index contributed by atoms with van der Waals surface area (Å²) in [4.78, 5) is 20.8.